The van der Waals surface area contributed by atoms with Crippen molar-refractivity contribution in [1.82, 2.24) is 0 Å². The molecule has 0 saturated carbocycles. The summed E-state index contributed by atoms with van der Waals surface area (Å²) in [4.78, 5) is 23.4. The van der Waals surface area contributed by atoms with Crippen LogP contribution in [0.15, 0.2) is 42.5 Å². The first-order valence-corrected chi connectivity index (χ1v) is 8.01. The largest absolute Gasteiger partial charge is 0.482 e. The van der Waals surface area contributed by atoms with Gasteiger partial charge in [0.05, 0.1) is 15.7 Å². The van der Waals surface area contributed by atoms with Gasteiger partial charge in [-0.3, -0.25) is 9.59 Å². The third kappa shape index (κ3) is 5.15. The monoisotopic (exact) mass is 366 g/mol. The number of nitrogens with one attached hydrogen (secondary N) is 2. The van der Waals surface area contributed by atoms with Crippen molar-refractivity contribution in [1.29, 1.82) is 0 Å². The van der Waals surface area contributed by atoms with Crippen LogP contribution in [-0.4, -0.2) is 18.4 Å². The Morgan fingerprint density at radius 2 is 1.75 bits per heavy atom. The lowest BCUT2D eigenvalue weighted by molar-refractivity contribution is -0.118. The lowest BCUT2D eigenvalue weighted by Crippen LogP contribution is -2.20. The Balaban J connectivity index is 1.99. The number of carbonyl (C=O) groups excluding carboxylic acids is 2. The molecule has 0 aromatic heterocycles. The molecule has 0 radical (unpaired) electrons. The van der Waals surface area contributed by atoms with E-state index in [0.717, 1.165) is 0 Å². The number of benzene rings is 2. The molecule has 0 spiro atoms. The van der Waals surface area contributed by atoms with E-state index >= 15 is 0 Å². The van der Waals surface area contributed by atoms with Crippen LogP contribution in [0.3, 0.4) is 0 Å². The molecule has 126 valence electrons. The smallest absolute Gasteiger partial charge is 0.262 e. The SMILES string of the molecule is CCC(=O)Nc1ccc(Cl)c(NC(=O)COc2ccccc2Cl)c1. The lowest BCUT2D eigenvalue weighted by Gasteiger charge is -2.11. The van der Waals surface area contributed by atoms with E-state index in [0.29, 0.717) is 33.6 Å². The molecular weight excluding hydrogens is 351 g/mol. The van der Waals surface area contributed by atoms with Gasteiger partial charge in [0.15, 0.2) is 6.61 Å². The standard InChI is InChI=1S/C17H16Cl2N2O3/c1-2-16(22)20-11-7-8-12(18)14(9-11)21-17(23)10-24-15-6-4-3-5-13(15)19/h3-9H,2,10H2,1H3,(H,20,22)(H,21,23). The van der Waals surface area contributed by atoms with E-state index in [2.05, 4.69) is 10.6 Å². The fraction of sp³-hybridized carbons (Fsp3) is 0.176. The Hall–Kier alpha value is -2.24. The summed E-state index contributed by atoms with van der Waals surface area (Å²) >= 11 is 12.0. The first-order chi connectivity index (χ1) is 11.5. The zero-order valence-corrected chi connectivity index (χ0v) is 14.4. The zero-order valence-electron chi connectivity index (χ0n) is 12.9. The van der Waals surface area contributed by atoms with Crippen molar-refractivity contribution in [2.45, 2.75) is 13.3 Å². The van der Waals surface area contributed by atoms with Gasteiger partial charge in [0.1, 0.15) is 5.75 Å². The summed E-state index contributed by atoms with van der Waals surface area (Å²) < 4.78 is 5.37. The highest BCUT2D eigenvalue weighted by molar-refractivity contribution is 6.34. The van der Waals surface area contributed by atoms with Crippen LogP contribution < -0.4 is 15.4 Å². The van der Waals surface area contributed by atoms with Crippen molar-refractivity contribution in [2.24, 2.45) is 0 Å². The zero-order chi connectivity index (χ0) is 17.5. The minimum atomic E-state index is -0.393. The van der Waals surface area contributed by atoms with E-state index in [4.69, 9.17) is 27.9 Å². The van der Waals surface area contributed by atoms with Crippen molar-refractivity contribution in [3.8, 4) is 5.75 Å². The van der Waals surface area contributed by atoms with Gasteiger partial charge in [-0.25, -0.2) is 0 Å². The predicted molar refractivity (Wildman–Crippen MR) is 95.9 cm³/mol. The fourth-order valence-electron chi connectivity index (χ4n) is 1.84. The molecule has 0 heterocycles. The van der Waals surface area contributed by atoms with Crippen molar-refractivity contribution in [3.63, 3.8) is 0 Å². The van der Waals surface area contributed by atoms with Gasteiger partial charge < -0.3 is 15.4 Å². The molecule has 2 rings (SSSR count). The van der Waals surface area contributed by atoms with Crippen LogP contribution in [0.1, 0.15) is 13.3 Å². The summed E-state index contributed by atoms with van der Waals surface area (Å²) in [5.74, 6) is -0.100. The molecule has 5 nitrogen and oxygen atoms in total. The molecule has 2 amide bonds. The Bertz CT molecular complexity index is 750. The van der Waals surface area contributed by atoms with Gasteiger partial charge in [0.25, 0.3) is 5.91 Å². The van der Waals surface area contributed by atoms with Crippen LogP contribution >= 0.6 is 23.2 Å². The minimum absolute atomic E-state index is 0.128. The number of rotatable bonds is 6. The number of para-hydroxylation sites is 1. The highest BCUT2D eigenvalue weighted by atomic mass is 35.5. The highest BCUT2D eigenvalue weighted by Gasteiger charge is 2.10. The van der Waals surface area contributed by atoms with Crippen LogP contribution in [0.4, 0.5) is 11.4 Å². The van der Waals surface area contributed by atoms with E-state index in [1.54, 1.807) is 49.4 Å². The maximum absolute atomic E-state index is 12.0. The minimum Gasteiger partial charge on any atom is -0.482 e. The average molecular weight is 367 g/mol. The van der Waals surface area contributed by atoms with Crippen molar-refractivity contribution in [3.05, 3.63) is 52.5 Å². The van der Waals surface area contributed by atoms with Gasteiger partial charge in [0.2, 0.25) is 5.91 Å². The van der Waals surface area contributed by atoms with E-state index in [1.807, 2.05) is 0 Å². The number of carbonyl (C=O) groups is 2. The summed E-state index contributed by atoms with van der Waals surface area (Å²) in [7, 11) is 0. The van der Waals surface area contributed by atoms with Gasteiger partial charge in [0, 0.05) is 12.1 Å². The predicted octanol–water partition coefficient (Wildman–Crippen LogP) is 4.36. The molecule has 0 aliphatic heterocycles. The van der Waals surface area contributed by atoms with Gasteiger partial charge in [-0.05, 0) is 30.3 Å². The molecule has 24 heavy (non-hydrogen) atoms. The Labute approximate surface area is 149 Å². The van der Waals surface area contributed by atoms with E-state index in [1.165, 1.54) is 0 Å². The summed E-state index contributed by atoms with van der Waals surface area (Å²) in [5, 5.41) is 6.12. The quantitative estimate of drug-likeness (QED) is 0.797. The van der Waals surface area contributed by atoms with Crippen LogP contribution in [-0.2, 0) is 9.59 Å². The second kappa shape index (κ2) is 8.57. The Morgan fingerprint density at radius 1 is 1.00 bits per heavy atom. The van der Waals surface area contributed by atoms with E-state index in [9.17, 15) is 9.59 Å². The van der Waals surface area contributed by atoms with Crippen LogP contribution in [0.25, 0.3) is 0 Å². The molecule has 0 aliphatic rings. The van der Waals surface area contributed by atoms with Gasteiger partial charge in [-0.15, -0.1) is 0 Å². The summed E-state index contributed by atoms with van der Waals surface area (Å²) in [6.07, 6.45) is 0.357. The third-order valence-corrected chi connectivity index (χ3v) is 3.68. The molecule has 0 bridgehead atoms. The first-order valence-electron chi connectivity index (χ1n) is 7.26. The van der Waals surface area contributed by atoms with Crippen molar-refractivity contribution < 1.29 is 14.3 Å². The van der Waals surface area contributed by atoms with E-state index in [-0.39, 0.29) is 12.5 Å². The average Bonchev–Trinajstić information content (AvgIpc) is 2.57. The Kier molecular flexibility index (Phi) is 6.46. The van der Waals surface area contributed by atoms with E-state index < -0.39 is 5.91 Å². The first kappa shape index (κ1) is 18.1. The molecule has 2 aromatic rings. The number of anilines is 2. The number of amides is 2. The molecule has 0 fully saturated rings. The molecule has 0 aliphatic carbocycles. The molecule has 0 saturated heterocycles. The molecule has 2 aromatic carbocycles. The molecular formula is C17H16Cl2N2O3. The Morgan fingerprint density at radius 3 is 2.46 bits per heavy atom. The van der Waals surface area contributed by atoms with Crippen molar-refractivity contribution in [2.75, 3.05) is 17.2 Å². The third-order valence-electron chi connectivity index (χ3n) is 3.04. The number of ether oxygens (including phenoxy) is 1. The number of hydrogen-bond donors (Lipinski definition) is 2. The maximum Gasteiger partial charge on any atom is 0.262 e. The summed E-state index contributed by atoms with van der Waals surface area (Å²) in [6, 6.07) is 11.7. The van der Waals surface area contributed by atoms with Crippen molar-refractivity contribution >= 4 is 46.4 Å². The van der Waals surface area contributed by atoms with Gasteiger partial charge in [-0.1, -0.05) is 42.3 Å². The normalized spacial score (nSPS) is 10.1. The maximum atomic E-state index is 12.0. The number of halogens is 2. The topological polar surface area (TPSA) is 67.4 Å². The summed E-state index contributed by atoms with van der Waals surface area (Å²) in [5.41, 5.74) is 0.937. The fourth-order valence-corrected chi connectivity index (χ4v) is 2.19. The number of hydrogen-bond acceptors (Lipinski definition) is 3. The van der Waals surface area contributed by atoms with Crippen LogP contribution in [0.2, 0.25) is 10.0 Å². The van der Waals surface area contributed by atoms with Gasteiger partial charge in [-0.2, -0.15) is 0 Å². The molecule has 7 heteroatoms. The van der Waals surface area contributed by atoms with Crippen LogP contribution in [0.5, 0.6) is 5.75 Å². The molecule has 2 N–H and O–H groups in total. The van der Waals surface area contributed by atoms with Gasteiger partial charge >= 0.3 is 0 Å². The molecule has 0 unspecified atom stereocenters. The summed E-state index contributed by atoms with van der Waals surface area (Å²) in [6.45, 7) is 1.53. The van der Waals surface area contributed by atoms with Crippen LogP contribution in [0, 0.1) is 0 Å². The second-order valence-corrected chi connectivity index (χ2v) is 5.68. The lowest BCUT2D eigenvalue weighted by atomic mass is 10.2. The second-order valence-electron chi connectivity index (χ2n) is 4.86. The molecule has 0 atom stereocenters. The highest BCUT2D eigenvalue weighted by Crippen LogP contribution is 2.26.